The van der Waals surface area contributed by atoms with Crippen molar-refractivity contribution in [3.8, 4) is 11.5 Å². The first-order valence-corrected chi connectivity index (χ1v) is 8.47. The minimum Gasteiger partial charge on any atom is -0.497 e. The zero-order chi connectivity index (χ0) is 19.1. The summed E-state index contributed by atoms with van der Waals surface area (Å²) in [6.45, 7) is 0. The van der Waals surface area contributed by atoms with Crippen molar-refractivity contribution in [3.63, 3.8) is 0 Å². The van der Waals surface area contributed by atoms with Crippen LogP contribution < -0.4 is 20.1 Å². The van der Waals surface area contributed by atoms with Crippen molar-refractivity contribution in [1.29, 1.82) is 0 Å². The Morgan fingerprint density at radius 3 is 2.41 bits per heavy atom. The van der Waals surface area contributed by atoms with Gasteiger partial charge < -0.3 is 20.1 Å². The van der Waals surface area contributed by atoms with Gasteiger partial charge in [-0.3, -0.25) is 4.79 Å². The lowest BCUT2D eigenvalue weighted by atomic mass is 10.1. The van der Waals surface area contributed by atoms with Crippen molar-refractivity contribution < 1.29 is 14.3 Å². The summed E-state index contributed by atoms with van der Waals surface area (Å²) in [6.07, 6.45) is 1.93. The summed E-state index contributed by atoms with van der Waals surface area (Å²) >= 11 is 0. The molecule has 6 nitrogen and oxygen atoms in total. The number of hydrogen-bond donors (Lipinski definition) is 2. The summed E-state index contributed by atoms with van der Waals surface area (Å²) in [6, 6.07) is 18.6. The average molecular weight is 363 g/mol. The molecule has 0 radical (unpaired) electrons. The van der Waals surface area contributed by atoms with E-state index in [4.69, 9.17) is 9.47 Å². The van der Waals surface area contributed by atoms with Crippen LogP contribution >= 0.6 is 0 Å². The Balaban J connectivity index is 1.59. The third-order valence-corrected chi connectivity index (χ3v) is 3.94. The second-order valence-corrected chi connectivity index (χ2v) is 5.83. The minimum atomic E-state index is -0.127. The van der Waals surface area contributed by atoms with Gasteiger partial charge in [-0.05, 0) is 42.0 Å². The number of anilines is 3. The van der Waals surface area contributed by atoms with Crippen LogP contribution in [0, 0.1) is 0 Å². The molecule has 1 heterocycles. The molecule has 0 bridgehead atoms. The van der Waals surface area contributed by atoms with Crippen LogP contribution in [0.15, 0.2) is 66.9 Å². The summed E-state index contributed by atoms with van der Waals surface area (Å²) in [4.78, 5) is 16.5. The monoisotopic (exact) mass is 363 g/mol. The first-order chi connectivity index (χ1) is 13.2. The number of nitrogens with zero attached hydrogens (tertiary/aromatic N) is 1. The number of para-hydroxylation sites is 2. The molecule has 0 unspecified atom stereocenters. The van der Waals surface area contributed by atoms with E-state index in [-0.39, 0.29) is 12.3 Å². The fourth-order valence-electron chi connectivity index (χ4n) is 2.56. The van der Waals surface area contributed by atoms with E-state index < -0.39 is 0 Å². The van der Waals surface area contributed by atoms with Crippen LogP contribution in [0.2, 0.25) is 0 Å². The molecule has 1 aromatic heterocycles. The molecule has 0 aliphatic carbocycles. The number of nitrogens with one attached hydrogen (secondary N) is 2. The lowest BCUT2D eigenvalue weighted by Crippen LogP contribution is -2.15. The number of carbonyl (C=O) groups excluding carboxylic acids is 1. The molecule has 6 heteroatoms. The molecule has 1 amide bonds. The minimum absolute atomic E-state index is 0.127. The fraction of sp³-hybridized carbons (Fsp3) is 0.143. The summed E-state index contributed by atoms with van der Waals surface area (Å²) in [5.74, 6) is 1.88. The molecule has 2 aromatic carbocycles. The molecule has 2 N–H and O–H groups in total. The van der Waals surface area contributed by atoms with E-state index in [1.54, 1.807) is 26.5 Å². The highest BCUT2D eigenvalue weighted by Gasteiger charge is 2.06. The highest BCUT2D eigenvalue weighted by Crippen LogP contribution is 2.26. The number of methoxy groups -OCH3 is 2. The third-order valence-electron chi connectivity index (χ3n) is 3.94. The van der Waals surface area contributed by atoms with Gasteiger partial charge in [0, 0.05) is 0 Å². The molecule has 3 aromatic rings. The topological polar surface area (TPSA) is 72.5 Å². The largest absolute Gasteiger partial charge is 0.497 e. The third kappa shape index (κ3) is 4.98. The summed E-state index contributed by atoms with van der Waals surface area (Å²) in [5.41, 5.74) is 2.55. The van der Waals surface area contributed by atoms with Crippen LogP contribution in [0.25, 0.3) is 0 Å². The molecule has 138 valence electrons. The van der Waals surface area contributed by atoms with Crippen LogP contribution in [-0.4, -0.2) is 25.1 Å². The van der Waals surface area contributed by atoms with E-state index in [9.17, 15) is 4.79 Å². The molecule has 0 spiro atoms. The van der Waals surface area contributed by atoms with E-state index >= 15 is 0 Å². The van der Waals surface area contributed by atoms with Gasteiger partial charge in [-0.2, -0.15) is 0 Å². The van der Waals surface area contributed by atoms with Crippen molar-refractivity contribution in [2.24, 2.45) is 0 Å². The first-order valence-electron chi connectivity index (χ1n) is 8.47. The van der Waals surface area contributed by atoms with Crippen LogP contribution in [0.4, 0.5) is 17.2 Å². The normalized spacial score (nSPS) is 10.1. The summed E-state index contributed by atoms with van der Waals surface area (Å²) in [7, 11) is 3.24. The van der Waals surface area contributed by atoms with Crippen molar-refractivity contribution in [3.05, 3.63) is 72.4 Å². The lowest BCUT2D eigenvalue weighted by molar-refractivity contribution is -0.115. The van der Waals surface area contributed by atoms with Crippen molar-refractivity contribution >= 4 is 23.1 Å². The SMILES string of the molecule is COc1ccc(CC(=O)Nc2ccc(Nc3ccccc3OC)cn2)cc1. The predicted octanol–water partition coefficient (Wildman–Crippen LogP) is 4.02. The second-order valence-electron chi connectivity index (χ2n) is 5.83. The van der Waals surface area contributed by atoms with Gasteiger partial charge in [0.05, 0.1) is 38.2 Å². The maximum absolute atomic E-state index is 12.2. The van der Waals surface area contributed by atoms with E-state index in [1.807, 2.05) is 54.6 Å². The quantitative estimate of drug-likeness (QED) is 0.663. The van der Waals surface area contributed by atoms with Gasteiger partial charge >= 0.3 is 0 Å². The lowest BCUT2D eigenvalue weighted by Gasteiger charge is -2.11. The Hall–Kier alpha value is -3.54. The molecule has 3 rings (SSSR count). The van der Waals surface area contributed by atoms with Gasteiger partial charge in [0.1, 0.15) is 17.3 Å². The zero-order valence-electron chi connectivity index (χ0n) is 15.2. The van der Waals surface area contributed by atoms with Crippen LogP contribution in [0.3, 0.4) is 0 Å². The predicted molar refractivity (Wildman–Crippen MR) is 106 cm³/mol. The van der Waals surface area contributed by atoms with Gasteiger partial charge in [-0.1, -0.05) is 24.3 Å². The van der Waals surface area contributed by atoms with Gasteiger partial charge in [0.2, 0.25) is 5.91 Å². The Labute approximate surface area is 158 Å². The number of aromatic nitrogens is 1. The number of hydrogen-bond acceptors (Lipinski definition) is 5. The van der Waals surface area contributed by atoms with Gasteiger partial charge in [0.15, 0.2) is 0 Å². The van der Waals surface area contributed by atoms with Gasteiger partial charge in [-0.25, -0.2) is 4.98 Å². The highest BCUT2D eigenvalue weighted by molar-refractivity contribution is 5.91. The van der Waals surface area contributed by atoms with Gasteiger partial charge in [0.25, 0.3) is 0 Å². The highest BCUT2D eigenvalue weighted by atomic mass is 16.5. The van der Waals surface area contributed by atoms with Crippen LogP contribution in [0.5, 0.6) is 11.5 Å². The Morgan fingerprint density at radius 2 is 1.74 bits per heavy atom. The molecule has 0 aliphatic rings. The molecule has 0 atom stereocenters. The second kappa shape index (κ2) is 8.71. The number of ether oxygens (including phenoxy) is 2. The number of rotatable bonds is 7. The van der Waals surface area contributed by atoms with E-state index in [0.29, 0.717) is 5.82 Å². The van der Waals surface area contributed by atoms with E-state index in [2.05, 4.69) is 15.6 Å². The maximum atomic E-state index is 12.2. The Kier molecular flexibility index (Phi) is 5.89. The Bertz CT molecular complexity index is 893. The molecule has 0 saturated carbocycles. The summed E-state index contributed by atoms with van der Waals surface area (Å²) in [5, 5.41) is 6.04. The van der Waals surface area contributed by atoms with Crippen molar-refractivity contribution in [2.75, 3.05) is 24.9 Å². The van der Waals surface area contributed by atoms with Crippen LogP contribution in [-0.2, 0) is 11.2 Å². The first kappa shape index (κ1) is 18.3. The molecule has 0 aliphatic heterocycles. The number of amides is 1. The Morgan fingerprint density at radius 1 is 0.963 bits per heavy atom. The van der Waals surface area contributed by atoms with Crippen LogP contribution in [0.1, 0.15) is 5.56 Å². The molecule has 0 saturated heterocycles. The average Bonchev–Trinajstić information content (AvgIpc) is 2.70. The van der Waals surface area contributed by atoms with Gasteiger partial charge in [-0.15, -0.1) is 0 Å². The summed E-state index contributed by atoms with van der Waals surface area (Å²) < 4.78 is 10.4. The maximum Gasteiger partial charge on any atom is 0.229 e. The molecular formula is C21H21N3O3. The van der Waals surface area contributed by atoms with E-state index in [1.165, 1.54) is 0 Å². The zero-order valence-corrected chi connectivity index (χ0v) is 15.2. The van der Waals surface area contributed by atoms with Crippen molar-refractivity contribution in [2.45, 2.75) is 6.42 Å². The number of pyridine rings is 1. The van der Waals surface area contributed by atoms with E-state index in [0.717, 1.165) is 28.4 Å². The smallest absolute Gasteiger partial charge is 0.229 e. The molecule has 0 fully saturated rings. The molecular weight excluding hydrogens is 342 g/mol. The van der Waals surface area contributed by atoms with Crippen molar-refractivity contribution in [1.82, 2.24) is 4.98 Å². The number of carbonyl (C=O) groups is 1. The number of benzene rings is 2. The standard InChI is InChI=1S/C21H21N3O3/c1-26-17-10-7-15(8-11-17)13-21(25)24-20-12-9-16(14-22-20)23-18-5-3-4-6-19(18)27-2/h3-12,14,23H,13H2,1-2H3,(H,22,24,25). The fourth-order valence-corrected chi connectivity index (χ4v) is 2.56. The molecule has 27 heavy (non-hydrogen) atoms.